The van der Waals surface area contributed by atoms with Gasteiger partial charge in [0.05, 0.1) is 30.3 Å². The van der Waals surface area contributed by atoms with Crippen LogP contribution in [0.25, 0.3) is 0 Å². The van der Waals surface area contributed by atoms with Crippen molar-refractivity contribution >= 4 is 17.2 Å². The lowest BCUT2D eigenvalue weighted by molar-refractivity contribution is -0.137. The van der Waals surface area contributed by atoms with Gasteiger partial charge in [0.1, 0.15) is 0 Å². The zero-order valence-electron chi connectivity index (χ0n) is 12.6. The van der Waals surface area contributed by atoms with Gasteiger partial charge in [-0.05, 0) is 6.42 Å². The SMILES string of the molecule is CCc1nc(Cc2noc(C3CN(C(C)=O)CCO3)n2)cs1. The van der Waals surface area contributed by atoms with Crippen LogP contribution in [-0.2, 0) is 22.4 Å². The number of hydrogen-bond acceptors (Lipinski definition) is 7. The van der Waals surface area contributed by atoms with E-state index in [1.165, 1.54) is 0 Å². The summed E-state index contributed by atoms with van der Waals surface area (Å²) in [5.74, 6) is 1.04. The molecule has 0 N–H and O–H groups in total. The Hall–Kier alpha value is -1.80. The van der Waals surface area contributed by atoms with Gasteiger partial charge >= 0.3 is 0 Å². The summed E-state index contributed by atoms with van der Waals surface area (Å²) in [4.78, 5) is 22.1. The number of ether oxygens (including phenoxy) is 1. The Bertz CT molecular complexity index is 654. The minimum absolute atomic E-state index is 0.0302. The number of morpholine rings is 1. The van der Waals surface area contributed by atoms with Gasteiger partial charge in [-0.2, -0.15) is 4.98 Å². The first-order valence-electron chi connectivity index (χ1n) is 7.28. The third-order valence-corrected chi connectivity index (χ3v) is 4.55. The molecule has 1 unspecified atom stereocenters. The molecule has 1 saturated heterocycles. The number of aryl methyl sites for hydroxylation is 1. The van der Waals surface area contributed by atoms with Crippen molar-refractivity contribution in [1.29, 1.82) is 0 Å². The van der Waals surface area contributed by atoms with Crippen LogP contribution in [0.3, 0.4) is 0 Å². The molecular weight excluding hydrogens is 304 g/mol. The van der Waals surface area contributed by atoms with E-state index in [2.05, 4.69) is 22.0 Å². The molecule has 3 rings (SSSR count). The van der Waals surface area contributed by atoms with E-state index < -0.39 is 0 Å². The fourth-order valence-electron chi connectivity index (χ4n) is 2.31. The smallest absolute Gasteiger partial charge is 0.257 e. The third kappa shape index (κ3) is 3.33. The largest absolute Gasteiger partial charge is 0.365 e. The maximum atomic E-state index is 11.4. The van der Waals surface area contributed by atoms with E-state index in [9.17, 15) is 4.79 Å². The highest BCUT2D eigenvalue weighted by molar-refractivity contribution is 7.09. The zero-order valence-corrected chi connectivity index (χ0v) is 13.4. The standard InChI is InChI=1S/C14H18N4O3S/c1-3-13-15-10(8-22-13)6-12-16-14(21-17-12)11-7-18(9(2)19)4-5-20-11/h8,11H,3-7H2,1-2H3. The van der Waals surface area contributed by atoms with Gasteiger partial charge in [0, 0.05) is 18.8 Å². The molecule has 1 aliphatic rings. The van der Waals surface area contributed by atoms with Crippen LogP contribution in [-0.4, -0.2) is 45.6 Å². The maximum Gasteiger partial charge on any atom is 0.257 e. The van der Waals surface area contributed by atoms with Crippen LogP contribution in [0.15, 0.2) is 9.90 Å². The Morgan fingerprint density at radius 1 is 1.50 bits per heavy atom. The molecular formula is C14H18N4O3S. The predicted molar refractivity (Wildman–Crippen MR) is 79.5 cm³/mol. The van der Waals surface area contributed by atoms with Gasteiger partial charge in [-0.1, -0.05) is 12.1 Å². The topological polar surface area (TPSA) is 81.4 Å². The lowest BCUT2D eigenvalue weighted by Gasteiger charge is -2.30. The van der Waals surface area contributed by atoms with Gasteiger partial charge in [-0.3, -0.25) is 4.79 Å². The highest BCUT2D eigenvalue weighted by Gasteiger charge is 2.28. The van der Waals surface area contributed by atoms with Gasteiger partial charge in [-0.15, -0.1) is 11.3 Å². The van der Waals surface area contributed by atoms with Gasteiger partial charge in [0.15, 0.2) is 11.9 Å². The van der Waals surface area contributed by atoms with E-state index in [1.54, 1.807) is 23.2 Å². The van der Waals surface area contributed by atoms with Crippen molar-refractivity contribution < 1.29 is 14.1 Å². The van der Waals surface area contributed by atoms with Crippen LogP contribution in [0, 0.1) is 0 Å². The normalized spacial score (nSPS) is 18.6. The van der Waals surface area contributed by atoms with E-state index in [1.807, 2.05) is 5.38 Å². The highest BCUT2D eigenvalue weighted by Crippen LogP contribution is 2.21. The number of amides is 1. The van der Waals surface area contributed by atoms with Gasteiger partial charge in [0.25, 0.3) is 5.89 Å². The van der Waals surface area contributed by atoms with Gasteiger partial charge in [-0.25, -0.2) is 4.98 Å². The van der Waals surface area contributed by atoms with Crippen molar-refractivity contribution in [2.24, 2.45) is 0 Å². The van der Waals surface area contributed by atoms with Crippen LogP contribution in [0.1, 0.15) is 42.4 Å². The summed E-state index contributed by atoms with van der Waals surface area (Å²) in [6.07, 6.45) is 1.13. The molecule has 1 aliphatic heterocycles. The molecule has 0 saturated carbocycles. The van der Waals surface area contributed by atoms with Crippen LogP contribution >= 0.6 is 11.3 Å². The fraction of sp³-hybridized carbons (Fsp3) is 0.571. The molecule has 1 atom stereocenters. The maximum absolute atomic E-state index is 11.4. The lowest BCUT2D eigenvalue weighted by Crippen LogP contribution is -2.41. The minimum Gasteiger partial charge on any atom is -0.365 e. The number of nitrogens with zero attached hydrogens (tertiary/aromatic N) is 4. The average Bonchev–Trinajstić information content (AvgIpc) is 3.17. The van der Waals surface area contributed by atoms with Crippen molar-refractivity contribution in [2.45, 2.75) is 32.8 Å². The number of carbonyl (C=O) groups excluding carboxylic acids is 1. The molecule has 0 radical (unpaired) electrons. The van der Waals surface area contributed by atoms with Crippen molar-refractivity contribution in [1.82, 2.24) is 20.0 Å². The molecule has 3 heterocycles. The Morgan fingerprint density at radius 2 is 2.36 bits per heavy atom. The summed E-state index contributed by atoms with van der Waals surface area (Å²) >= 11 is 1.64. The second-order valence-corrected chi connectivity index (χ2v) is 6.08. The first-order valence-corrected chi connectivity index (χ1v) is 8.16. The molecule has 118 valence electrons. The van der Waals surface area contributed by atoms with Crippen LogP contribution in [0.4, 0.5) is 0 Å². The molecule has 1 fully saturated rings. The number of hydrogen-bond donors (Lipinski definition) is 0. The Balaban J connectivity index is 1.66. The summed E-state index contributed by atoms with van der Waals surface area (Å²) in [5, 5.41) is 7.11. The Labute approximate surface area is 132 Å². The first-order chi connectivity index (χ1) is 10.7. The second kappa shape index (κ2) is 6.53. The second-order valence-electron chi connectivity index (χ2n) is 5.14. The van der Waals surface area contributed by atoms with Crippen LogP contribution in [0.2, 0.25) is 0 Å². The van der Waals surface area contributed by atoms with E-state index in [0.717, 1.165) is 17.1 Å². The molecule has 0 aromatic carbocycles. The molecule has 0 spiro atoms. The molecule has 2 aromatic heterocycles. The van der Waals surface area contributed by atoms with E-state index in [4.69, 9.17) is 9.26 Å². The van der Waals surface area contributed by atoms with Gasteiger partial charge in [0.2, 0.25) is 5.91 Å². The molecule has 7 nitrogen and oxygen atoms in total. The summed E-state index contributed by atoms with van der Waals surface area (Å²) in [6.45, 7) is 5.17. The number of aromatic nitrogens is 3. The molecule has 1 amide bonds. The average molecular weight is 322 g/mol. The zero-order chi connectivity index (χ0) is 15.5. The number of thiazole rings is 1. The number of carbonyl (C=O) groups is 1. The predicted octanol–water partition coefficient (Wildman–Crippen LogP) is 1.60. The fourth-order valence-corrected chi connectivity index (χ4v) is 3.05. The van der Waals surface area contributed by atoms with Crippen LogP contribution < -0.4 is 0 Å². The van der Waals surface area contributed by atoms with Crippen molar-refractivity contribution in [2.75, 3.05) is 19.7 Å². The van der Waals surface area contributed by atoms with E-state index in [-0.39, 0.29) is 12.0 Å². The van der Waals surface area contributed by atoms with E-state index >= 15 is 0 Å². The molecule has 0 bridgehead atoms. The monoisotopic (exact) mass is 322 g/mol. The Kier molecular flexibility index (Phi) is 4.49. The molecule has 0 aliphatic carbocycles. The summed E-state index contributed by atoms with van der Waals surface area (Å²) in [6, 6.07) is 0. The summed E-state index contributed by atoms with van der Waals surface area (Å²) in [5.41, 5.74) is 0.948. The number of rotatable bonds is 4. The van der Waals surface area contributed by atoms with E-state index in [0.29, 0.717) is 37.8 Å². The van der Waals surface area contributed by atoms with Gasteiger partial charge < -0.3 is 14.2 Å². The van der Waals surface area contributed by atoms with Crippen LogP contribution in [0.5, 0.6) is 0 Å². The summed E-state index contributed by atoms with van der Waals surface area (Å²) in [7, 11) is 0. The minimum atomic E-state index is -0.347. The lowest BCUT2D eigenvalue weighted by atomic mass is 10.2. The third-order valence-electron chi connectivity index (χ3n) is 3.51. The van der Waals surface area contributed by atoms with Crippen molar-refractivity contribution in [3.05, 3.63) is 27.8 Å². The quantitative estimate of drug-likeness (QED) is 0.850. The highest BCUT2D eigenvalue weighted by atomic mass is 32.1. The first kappa shape index (κ1) is 15.1. The molecule has 22 heavy (non-hydrogen) atoms. The molecule has 2 aromatic rings. The molecule has 8 heteroatoms. The summed E-state index contributed by atoms with van der Waals surface area (Å²) < 4.78 is 10.9. The van der Waals surface area contributed by atoms with Crippen molar-refractivity contribution in [3.8, 4) is 0 Å². The van der Waals surface area contributed by atoms with Crippen molar-refractivity contribution in [3.63, 3.8) is 0 Å². The Morgan fingerprint density at radius 3 is 3.09 bits per heavy atom.